The molecular formula is C26H41N3O5. The zero-order valence-corrected chi connectivity index (χ0v) is 21.7. The molecule has 34 heavy (non-hydrogen) atoms. The molecule has 0 spiro atoms. The van der Waals surface area contributed by atoms with Crippen molar-refractivity contribution >= 4 is 17.9 Å². The van der Waals surface area contributed by atoms with Crippen LogP contribution in [0.25, 0.3) is 0 Å². The van der Waals surface area contributed by atoms with Crippen molar-refractivity contribution in [2.75, 3.05) is 0 Å². The summed E-state index contributed by atoms with van der Waals surface area (Å²) in [4.78, 5) is 41.7. The van der Waals surface area contributed by atoms with Gasteiger partial charge in [0.1, 0.15) is 23.4 Å². The molecule has 3 N–H and O–H groups in total. The van der Waals surface area contributed by atoms with Gasteiger partial charge in [0.15, 0.2) is 0 Å². The molecule has 1 saturated carbocycles. The van der Waals surface area contributed by atoms with Crippen LogP contribution in [-0.2, 0) is 14.3 Å². The van der Waals surface area contributed by atoms with Gasteiger partial charge in [-0.15, -0.1) is 0 Å². The molecule has 8 heteroatoms. The average Bonchev–Trinajstić information content (AvgIpc) is 3.43. The number of para-hydroxylation sites is 1. The van der Waals surface area contributed by atoms with Crippen LogP contribution in [0.3, 0.4) is 0 Å². The molecule has 5 atom stereocenters. The second kappa shape index (κ2) is 11.1. The third kappa shape index (κ3) is 7.11. The number of ether oxygens (including phenoxy) is 1. The highest BCUT2D eigenvalue weighted by atomic mass is 16.6. The van der Waals surface area contributed by atoms with E-state index < -0.39 is 23.8 Å². The fourth-order valence-electron chi connectivity index (χ4n) is 3.95. The lowest BCUT2D eigenvalue weighted by Crippen LogP contribution is -2.56. The minimum absolute atomic E-state index is 0.0577. The van der Waals surface area contributed by atoms with Gasteiger partial charge in [-0.1, -0.05) is 45.4 Å². The summed E-state index contributed by atoms with van der Waals surface area (Å²) < 4.78 is 5.41. The van der Waals surface area contributed by atoms with Crippen LogP contribution in [0.15, 0.2) is 24.3 Å². The molecule has 1 aliphatic carbocycles. The number of rotatable bonds is 9. The highest BCUT2D eigenvalue weighted by Crippen LogP contribution is 2.42. The monoisotopic (exact) mass is 475 g/mol. The maximum Gasteiger partial charge on any atom is 0.408 e. The highest BCUT2D eigenvalue weighted by molar-refractivity contribution is 5.93. The van der Waals surface area contributed by atoms with Crippen LogP contribution in [0.2, 0.25) is 0 Å². The van der Waals surface area contributed by atoms with Crippen molar-refractivity contribution in [3.8, 4) is 5.75 Å². The molecule has 0 saturated heterocycles. The number of alkyl carbamates (subject to hydrolysis) is 1. The number of phenolic OH excluding ortho intramolecular Hbond substituents is 1. The standard InChI is InChI=1S/C26H41N3O5/c1-9-16(4)21(28-25(33)34-26(6,7)8)24(32)29(19-14-17(19)5)22(23(31)27-15(2)3)18-12-10-11-13-20(18)30/h10-13,15-17,19,21-22,30H,9,14H2,1-8H3,(H,27,31)(H,28,33). The molecule has 8 nitrogen and oxygen atoms in total. The van der Waals surface area contributed by atoms with Crippen LogP contribution in [-0.4, -0.2) is 51.6 Å². The first-order chi connectivity index (χ1) is 15.8. The number of carbonyl (C=O) groups is 3. The molecule has 0 radical (unpaired) electrons. The molecule has 1 aromatic rings. The predicted molar refractivity (Wildman–Crippen MR) is 131 cm³/mol. The predicted octanol–water partition coefficient (Wildman–Crippen LogP) is 4.13. The number of amides is 3. The Hall–Kier alpha value is -2.77. The van der Waals surface area contributed by atoms with E-state index >= 15 is 0 Å². The van der Waals surface area contributed by atoms with Gasteiger partial charge in [0.25, 0.3) is 0 Å². The van der Waals surface area contributed by atoms with E-state index in [1.165, 1.54) is 6.07 Å². The topological polar surface area (TPSA) is 108 Å². The Morgan fingerprint density at radius 2 is 1.74 bits per heavy atom. The van der Waals surface area contributed by atoms with Gasteiger partial charge < -0.3 is 25.4 Å². The molecule has 190 valence electrons. The van der Waals surface area contributed by atoms with Crippen molar-refractivity contribution in [2.24, 2.45) is 11.8 Å². The zero-order chi connectivity index (χ0) is 25.8. The Morgan fingerprint density at radius 3 is 2.21 bits per heavy atom. The molecule has 2 rings (SSSR count). The minimum Gasteiger partial charge on any atom is -0.508 e. The van der Waals surface area contributed by atoms with E-state index in [2.05, 4.69) is 10.6 Å². The number of aromatic hydroxyl groups is 1. The molecule has 1 fully saturated rings. The third-order valence-electron chi connectivity index (χ3n) is 6.02. The van der Waals surface area contributed by atoms with Crippen LogP contribution >= 0.6 is 0 Å². The first-order valence-electron chi connectivity index (χ1n) is 12.2. The smallest absolute Gasteiger partial charge is 0.408 e. The Bertz CT molecular complexity index is 879. The average molecular weight is 476 g/mol. The van der Waals surface area contributed by atoms with Crippen LogP contribution in [0.5, 0.6) is 5.75 Å². The lowest BCUT2D eigenvalue weighted by Gasteiger charge is -2.37. The van der Waals surface area contributed by atoms with E-state index in [0.717, 1.165) is 6.42 Å². The summed E-state index contributed by atoms with van der Waals surface area (Å²) in [5.74, 6) is -0.790. The molecule has 0 bridgehead atoms. The Balaban J connectivity index is 2.52. The fourth-order valence-corrected chi connectivity index (χ4v) is 3.95. The van der Waals surface area contributed by atoms with Crippen molar-refractivity contribution in [3.05, 3.63) is 29.8 Å². The van der Waals surface area contributed by atoms with Crippen molar-refractivity contribution < 1.29 is 24.2 Å². The first-order valence-corrected chi connectivity index (χ1v) is 12.2. The van der Waals surface area contributed by atoms with Gasteiger partial charge >= 0.3 is 6.09 Å². The number of phenols is 1. The van der Waals surface area contributed by atoms with Gasteiger partial charge in [-0.3, -0.25) is 9.59 Å². The van der Waals surface area contributed by atoms with E-state index in [9.17, 15) is 19.5 Å². The van der Waals surface area contributed by atoms with Gasteiger partial charge in [0, 0.05) is 17.6 Å². The molecule has 5 unspecified atom stereocenters. The molecular weight excluding hydrogens is 434 g/mol. The summed E-state index contributed by atoms with van der Waals surface area (Å²) in [6.45, 7) is 14.8. The third-order valence-corrected chi connectivity index (χ3v) is 6.02. The number of hydrogen-bond acceptors (Lipinski definition) is 5. The van der Waals surface area contributed by atoms with Crippen molar-refractivity contribution in [1.29, 1.82) is 0 Å². The fraction of sp³-hybridized carbons (Fsp3) is 0.654. The molecule has 0 aromatic heterocycles. The zero-order valence-electron chi connectivity index (χ0n) is 21.7. The van der Waals surface area contributed by atoms with Gasteiger partial charge in [0.2, 0.25) is 11.8 Å². The molecule has 0 heterocycles. The van der Waals surface area contributed by atoms with E-state index in [4.69, 9.17) is 4.74 Å². The van der Waals surface area contributed by atoms with Crippen LogP contribution in [0.1, 0.15) is 79.8 Å². The summed E-state index contributed by atoms with van der Waals surface area (Å²) in [6, 6.07) is 4.33. The van der Waals surface area contributed by atoms with E-state index in [1.54, 1.807) is 43.9 Å². The largest absolute Gasteiger partial charge is 0.508 e. The van der Waals surface area contributed by atoms with Crippen LogP contribution in [0, 0.1) is 11.8 Å². The van der Waals surface area contributed by atoms with Crippen molar-refractivity contribution in [1.82, 2.24) is 15.5 Å². The maximum atomic E-state index is 14.1. The summed E-state index contributed by atoms with van der Waals surface area (Å²) in [6.07, 6.45) is 0.699. The number of hydrogen-bond donors (Lipinski definition) is 3. The Labute approximate surface area is 203 Å². The normalized spacial score (nSPS) is 20.1. The quantitative estimate of drug-likeness (QED) is 0.498. The lowest BCUT2D eigenvalue weighted by atomic mass is 9.95. The molecule has 3 amide bonds. The molecule has 1 aliphatic rings. The Kier molecular flexibility index (Phi) is 8.97. The lowest BCUT2D eigenvalue weighted by molar-refractivity contribution is -0.144. The van der Waals surface area contributed by atoms with Gasteiger partial charge in [-0.25, -0.2) is 4.79 Å². The SMILES string of the molecule is CCC(C)C(NC(=O)OC(C)(C)C)C(=O)N(C(C(=O)NC(C)C)c1ccccc1O)C1CC1C. The summed E-state index contributed by atoms with van der Waals surface area (Å²) in [5.41, 5.74) is -0.360. The molecule has 0 aliphatic heterocycles. The van der Waals surface area contributed by atoms with Gasteiger partial charge in [-0.2, -0.15) is 0 Å². The van der Waals surface area contributed by atoms with Crippen molar-refractivity contribution in [3.63, 3.8) is 0 Å². The van der Waals surface area contributed by atoms with Crippen LogP contribution < -0.4 is 10.6 Å². The Morgan fingerprint density at radius 1 is 1.15 bits per heavy atom. The second-order valence-electron chi connectivity index (χ2n) is 10.7. The van der Waals surface area contributed by atoms with Crippen LogP contribution in [0.4, 0.5) is 4.79 Å². The van der Waals surface area contributed by atoms with Gasteiger partial charge in [0.05, 0.1) is 0 Å². The number of nitrogens with zero attached hydrogens (tertiary/aromatic N) is 1. The summed E-state index contributed by atoms with van der Waals surface area (Å²) in [7, 11) is 0. The van der Waals surface area contributed by atoms with Crippen molar-refractivity contribution in [2.45, 2.75) is 98.0 Å². The first kappa shape index (κ1) is 27.5. The number of nitrogens with one attached hydrogen (secondary N) is 2. The summed E-state index contributed by atoms with van der Waals surface area (Å²) >= 11 is 0. The summed E-state index contributed by atoms with van der Waals surface area (Å²) in [5, 5.41) is 16.3. The molecule has 1 aromatic carbocycles. The van der Waals surface area contributed by atoms with E-state index in [1.807, 2.05) is 34.6 Å². The highest BCUT2D eigenvalue weighted by Gasteiger charge is 2.49. The number of benzene rings is 1. The maximum absolute atomic E-state index is 14.1. The second-order valence-corrected chi connectivity index (χ2v) is 10.7. The minimum atomic E-state index is -1.03. The number of carbonyl (C=O) groups excluding carboxylic acids is 3. The van der Waals surface area contributed by atoms with Gasteiger partial charge in [-0.05, 0) is 58.9 Å². The van der Waals surface area contributed by atoms with E-state index in [0.29, 0.717) is 12.0 Å². The van der Waals surface area contributed by atoms with E-state index in [-0.39, 0.29) is 41.5 Å².